The molecule has 0 unspecified atom stereocenters. The Morgan fingerprint density at radius 3 is 2.44 bits per heavy atom. The minimum absolute atomic E-state index is 0.0913. The second kappa shape index (κ2) is 5.65. The van der Waals surface area contributed by atoms with Gasteiger partial charge in [0.05, 0.1) is 5.69 Å². The molecule has 0 spiro atoms. The average molecular weight is 219 g/mol. The van der Waals surface area contributed by atoms with E-state index in [9.17, 15) is 9.90 Å². The van der Waals surface area contributed by atoms with Crippen LogP contribution in [0.15, 0.2) is 52.0 Å². The van der Waals surface area contributed by atoms with Crippen molar-refractivity contribution in [3.8, 4) is 0 Å². The number of nitrogens with one attached hydrogen (secondary N) is 1. The van der Waals surface area contributed by atoms with E-state index < -0.39 is 5.91 Å². The number of carbonyl (C=O) groups is 1. The number of nitrogens with zero attached hydrogens (tertiary/aromatic N) is 2. The van der Waals surface area contributed by atoms with E-state index in [-0.39, 0.29) is 11.5 Å². The SMILES string of the molecule is CNC(=O)/C(N=Nc1ccccc1)=C(\C)O. The number of aliphatic hydroxyl groups excluding tert-OH is 1. The molecule has 0 aromatic heterocycles. The van der Waals surface area contributed by atoms with Crippen LogP contribution in [0.1, 0.15) is 6.92 Å². The van der Waals surface area contributed by atoms with Crippen LogP contribution in [0.4, 0.5) is 5.69 Å². The summed E-state index contributed by atoms with van der Waals surface area (Å²) in [6, 6.07) is 8.97. The zero-order chi connectivity index (χ0) is 12.0. The summed E-state index contributed by atoms with van der Waals surface area (Å²) in [6.45, 7) is 1.38. The molecular weight excluding hydrogens is 206 g/mol. The summed E-state index contributed by atoms with van der Waals surface area (Å²) in [4.78, 5) is 11.3. The van der Waals surface area contributed by atoms with Crippen LogP contribution in [0.3, 0.4) is 0 Å². The summed E-state index contributed by atoms with van der Waals surface area (Å²) in [5, 5.41) is 19.2. The third-order valence-corrected chi connectivity index (χ3v) is 1.81. The van der Waals surface area contributed by atoms with E-state index in [1.165, 1.54) is 14.0 Å². The number of carbonyl (C=O) groups excluding carboxylic acids is 1. The van der Waals surface area contributed by atoms with E-state index >= 15 is 0 Å². The maximum atomic E-state index is 11.3. The van der Waals surface area contributed by atoms with E-state index in [1.54, 1.807) is 12.1 Å². The molecule has 0 atom stereocenters. The van der Waals surface area contributed by atoms with Gasteiger partial charge in [0.25, 0.3) is 5.91 Å². The lowest BCUT2D eigenvalue weighted by molar-refractivity contribution is -0.117. The average Bonchev–Trinajstić information content (AvgIpc) is 2.30. The second-order valence-corrected chi connectivity index (χ2v) is 3.05. The van der Waals surface area contributed by atoms with Crippen LogP contribution in [0.2, 0.25) is 0 Å². The number of likely N-dealkylation sites (N-methyl/N-ethyl adjacent to an activating group) is 1. The van der Waals surface area contributed by atoms with Crippen molar-refractivity contribution in [2.45, 2.75) is 6.92 Å². The van der Waals surface area contributed by atoms with E-state index in [0.29, 0.717) is 5.69 Å². The van der Waals surface area contributed by atoms with Gasteiger partial charge in [-0.1, -0.05) is 18.2 Å². The molecule has 0 saturated heterocycles. The van der Waals surface area contributed by atoms with Gasteiger partial charge in [0.2, 0.25) is 0 Å². The molecule has 16 heavy (non-hydrogen) atoms. The quantitative estimate of drug-likeness (QED) is 0.465. The molecule has 0 aliphatic rings. The number of hydrogen-bond acceptors (Lipinski definition) is 4. The predicted octanol–water partition coefficient (Wildman–Crippen LogP) is 2.31. The number of rotatable bonds is 3. The Balaban J connectivity index is 2.90. The lowest BCUT2D eigenvalue weighted by Crippen LogP contribution is -2.20. The van der Waals surface area contributed by atoms with Gasteiger partial charge in [0.1, 0.15) is 5.76 Å². The molecule has 1 aromatic rings. The Bertz CT molecular complexity index is 420. The van der Waals surface area contributed by atoms with Gasteiger partial charge >= 0.3 is 0 Å². The van der Waals surface area contributed by atoms with E-state index in [4.69, 9.17) is 0 Å². The number of allylic oxidation sites excluding steroid dienone is 1. The molecular formula is C11H13N3O2. The number of hydrogen-bond donors (Lipinski definition) is 2. The monoisotopic (exact) mass is 219 g/mol. The molecule has 2 N–H and O–H groups in total. The Morgan fingerprint density at radius 2 is 1.94 bits per heavy atom. The first-order chi connectivity index (χ1) is 7.65. The molecule has 1 rings (SSSR count). The fourth-order valence-corrected chi connectivity index (χ4v) is 1.00. The maximum Gasteiger partial charge on any atom is 0.275 e. The number of aliphatic hydroxyl groups is 1. The zero-order valence-corrected chi connectivity index (χ0v) is 9.14. The van der Waals surface area contributed by atoms with Gasteiger partial charge in [-0.2, -0.15) is 5.11 Å². The summed E-state index contributed by atoms with van der Waals surface area (Å²) in [6.07, 6.45) is 0. The van der Waals surface area contributed by atoms with Gasteiger partial charge in [0.15, 0.2) is 5.70 Å². The Hall–Kier alpha value is -2.17. The van der Waals surface area contributed by atoms with Crippen LogP contribution in [-0.2, 0) is 4.79 Å². The van der Waals surface area contributed by atoms with E-state index in [1.807, 2.05) is 18.2 Å². The predicted molar refractivity (Wildman–Crippen MR) is 60.4 cm³/mol. The van der Waals surface area contributed by atoms with Gasteiger partial charge in [-0.15, -0.1) is 5.11 Å². The molecule has 0 aliphatic carbocycles. The number of azo groups is 1. The van der Waals surface area contributed by atoms with Gasteiger partial charge in [-0.05, 0) is 19.1 Å². The smallest absolute Gasteiger partial charge is 0.275 e. The van der Waals surface area contributed by atoms with Crippen LogP contribution < -0.4 is 5.32 Å². The fourth-order valence-electron chi connectivity index (χ4n) is 1.00. The summed E-state index contributed by atoms with van der Waals surface area (Å²) in [7, 11) is 1.46. The Morgan fingerprint density at radius 1 is 1.31 bits per heavy atom. The molecule has 0 heterocycles. The topological polar surface area (TPSA) is 74.0 Å². The summed E-state index contributed by atoms with van der Waals surface area (Å²) in [5.41, 5.74) is 0.525. The van der Waals surface area contributed by atoms with Crippen molar-refractivity contribution in [2.75, 3.05) is 7.05 Å². The molecule has 0 aliphatic heterocycles. The van der Waals surface area contributed by atoms with Crippen LogP contribution in [-0.4, -0.2) is 18.1 Å². The highest BCUT2D eigenvalue weighted by Crippen LogP contribution is 2.13. The van der Waals surface area contributed by atoms with Gasteiger partial charge in [0, 0.05) is 7.05 Å². The van der Waals surface area contributed by atoms with Gasteiger partial charge < -0.3 is 10.4 Å². The molecule has 5 heteroatoms. The second-order valence-electron chi connectivity index (χ2n) is 3.05. The minimum atomic E-state index is -0.473. The van der Waals surface area contributed by atoms with Gasteiger partial charge in [-0.3, -0.25) is 4.79 Å². The molecule has 84 valence electrons. The van der Waals surface area contributed by atoms with Crippen LogP contribution in [0, 0.1) is 0 Å². The summed E-state index contributed by atoms with van der Waals surface area (Å²) in [5.74, 6) is -0.640. The Kier molecular flexibility index (Phi) is 4.20. The third kappa shape index (κ3) is 3.20. The summed E-state index contributed by atoms with van der Waals surface area (Å²) >= 11 is 0. The van der Waals surface area contributed by atoms with Crippen molar-refractivity contribution in [3.05, 3.63) is 41.8 Å². The summed E-state index contributed by atoms with van der Waals surface area (Å²) < 4.78 is 0. The highest BCUT2D eigenvalue weighted by Gasteiger charge is 2.09. The first-order valence-corrected chi connectivity index (χ1v) is 4.74. The van der Waals surface area contributed by atoms with Gasteiger partial charge in [-0.25, -0.2) is 0 Å². The molecule has 1 amide bonds. The lowest BCUT2D eigenvalue weighted by atomic mass is 10.3. The number of amides is 1. The van der Waals surface area contributed by atoms with Crippen molar-refractivity contribution in [3.63, 3.8) is 0 Å². The standard InChI is InChI=1S/C11H13N3O2/c1-8(15)10(11(16)12-2)14-13-9-6-4-3-5-7-9/h3-7,15H,1-2H3,(H,12,16)/b10-8-,14-13?. The fraction of sp³-hybridized carbons (Fsp3) is 0.182. The third-order valence-electron chi connectivity index (χ3n) is 1.81. The minimum Gasteiger partial charge on any atom is -0.510 e. The molecule has 0 saturated carbocycles. The molecule has 0 fully saturated rings. The first-order valence-electron chi connectivity index (χ1n) is 4.74. The normalized spacial score (nSPS) is 12.4. The molecule has 0 bridgehead atoms. The highest BCUT2D eigenvalue weighted by molar-refractivity contribution is 5.93. The van der Waals surface area contributed by atoms with Crippen molar-refractivity contribution < 1.29 is 9.90 Å². The number of benzene rings is 1. The Labute approximate surface area is 93.5 Å². The lowest BCUT2D eigenvalue weighted by Gasteiger charge is -1.99. The van der Waals surface area contributed by atoms with Crippen molar-refractivity contribution in [1.29, 1.82) is 0 Å². The van der Waals surface area contributed by atoms with Crippen molar-refractivity contribution >= 4 is 11.6 Å². The van der Waals surface area contributed by atoms with Crippen LogP contribution in [0.5, 0.6) is 0 Å². The molecule has 5 nitrogen and oxygen atoms in total. The van der Waals surface area contributed by atoms with Crippen molar-refractivity contribution in [1.82, 2.24) is 5.32 Å². The largest absolute Gasteiger partial charge is 0.510 e. The molecule has 1 aromatic carbocycles. The highest BCUT2D eigenvalue weighted by atomic mass is 16.3. The van der Waals surface area contributed by atoms with E-state index in [0.717, 1.165) is 0 Å². The molecule has 0 radical (unpaired) electrons. The van der Waals surface area contributed by atoms with Crippen LogP contribution in [0.25, 0.3) is 0 Å². The first kappa shape index (κ1) is 11.9. The van der Waals surface area contributed by atoms with E-state index in [2.05, 4.69) is 15.5 Å². The van der Waals surface area contributed by atoms with Crippen molar-refractivity contribution in [2.24, 2.45) is 10.2 Å². The zero-order valence-electron chi connectivity index (χ0n) is 9.14. The maximum absolute atomic E-state index is 11.3. The van der Waals surface area contributed by atoms with Crippen LogP contribution >= 0.6 is 0 Å².